The van der Waals surface area contributed by atoms with Gasteiger partial charge in [0.1, 0.15) is 11.5 Å². The first-order valence-electron chi connectivity index (χ1n) is 6.24. The first-order chi connectivity index (χ1) is 10.0. The standard InChI is InChI=1S/C16H14Br2O3/c1-20-15-9-13(18)16(21-2)8-12(15)14(19)7-10-3-5-11(17)6-4-10/h3-6,8-9H,7H2,1-2H3. The molecule has 0 fully saturated rings. The molecule has 2 rings (SSSR count). The third kappa shape index (κ3) is 3.86. The van der Waals surface area contributed by atoms with Crippen molar-refractivity contribution in [2.24, 2.45) is 0 Å². The molecule has 0 N–H and O–H groups in total. The van der Waals surface area contributed by atoms with E-state index in [1.54, 1.807) is 26.4 Å². The molecular formula is C16H14Br2O3. The minimum Gasteiger partial charge on any atom is -0.496 e. The van der Waals surface area contributed by atoms with E-state index in [0.717, 1.165) is 14.5 Å². The predicted molar refractivity (Wildman–Crippen MR) is 89.4 cm³/mol. The van der Waals surface area contributed by atoms with E-state index in [1.807, 2.05) is 24.3 Å². The summed E-state index contributed by atoms with van der Waals surface area (Å²) in [6.07, 6.45) is 0.314. The second kappa shape index (κ2) is 7.09. The molecule has 0 aliphatic rings. The lowest BCUT2D eigenvalue weighted by Crippen LogP contribution is -2.06. The molecule has 0 spiro atoms. The summed E-state index contributed by atoms with van der Waals surface area (Å²) >= 11 is 6.76. The van der Waals surface area contributed by atoms with Crippen LogP contribution in [0.15, 0.2) is 45.3 Å². The highest BCUT2D eigenvalue weighted by atomic mass is 79.9. The van der Waals surface area contributed by atoms with Crippen LogP contribution in [0.25, 0.3) is 0 Å². The Morgan fingerprint density at radius 1 is 1.00 bits per heavy atom. The van der Waals surface area contributed by atoms with Crippen molar-refractivity contribution in [2.45, 2.75) is 6.42 Å². The molecule has 0 saturated heterocycles. The van der Waals surface area contributed by atoms with Gasteiger partial charge in [0.2, 0.25) is 0 Å². The molecule has 5 heteroatoms. The number of halogens is 2. The minimum atomic E-state index is -0.0139. The topological polar surface area (TPSA) is 35.5 Å². The van der Waals surface area contributed by atoms with E-state index in [2.05, 4.69) is 31.9 Å². The number of rotatable bonds is 5. The van der Waals surface area contributed by atoms with E-state index in [-0.39, 0.29) is 5.78 Å². The average Bonchev–Trinajstić information content (AvgIpc) is 2.49. The molecule has 0 saturated carbocycles. The molecule has 0 aliphatic carbocycles. The van der Waals surface area contributed by atoms with Crippen LogP contribution in [0, 0.1) is 0 Å². The zero-order chi connectivity index (χ0) is 15.4. The van der Waals surface area contributed by atoms with E-state index in [0.29, 0.717) is 23.5 Å². The fraction of sp³-hybridized carbons (Fsp3) is 0.188. The van der Waals surface area contributed by atoms with Crippen molar-refractivity contribution in [3.05, 3.63) is 56.5 Å². The second-order valence-corrected chi connectivity index (χ2v) is 6.18. The fourth-order valence-corrected chi connectivity index (χ4v) is 2.71. The number of hydrogen-bond donors (Lipinski definition) is 0. The van der Waals surface area contributed by atoms with Crippen molar-refractivity contribution in [1.29, 1.82) is 0 Å². The highest BCUT2D eigenvalue weighted by Gasteiger charge is 2.16. The van der Waals surface area contributed by atoms with Gasteiger partial charge >= 0.3 is 0 Å². The Morgan fingerprint density at radius 3 is 2.19 bits per heavy atom. The van der Waals surface area contributed by atoms with Gasteiger partial charge in [-0.2, -0.15) is 0 Å². The molecule has 2 aromatic rings. The van der Waals surface area contributed by atoms with Crippen molar-refractivity contribution in [3.8, 4) is 11.5 Å². The van der Waals surface area contributed by atoms with E-state index >= 15 is 0 Å². The quantitative estimate of drug-likeness (QED) is 0.669. The summed E-state index contributed by atoms with van der Waals surface area (Å²) in [5.74, 6) is 1.12. The fourth-order valence-electron chi connectivity index (χ4n) is 1.96. The molecule has 0 bridgehead atoms. The Hall–Kier alpha value is -1.33. The van der Waals surface area contributed by atoms with E-state index in [1.165, 1.54) is 0 Å². The minimum absolute atomic E-state index is 0.0139. The summed E-state index contributed by atoms with van der Waals surface area (Å²) in [7, 11) is 3.11. The average molecular weight is 414 g/mol. The Bertz CT molecular complexity index is 651. The lowest BCUT2D eigenvalue weighted by molar-refractivity contribution is 0.0989. The molecule has 0 heterocycles. The van der Waals surface area contributed by atoms with Crippen LogP contribution >= 0.6 is 31.9 Å². The van der Waals surface area contributed by atoms with Gasteiger partial charge in [-0.15, -0.1) is 0 Å². The summed E-state index contributed by atoms with van der Waals surface area (Å²) in [6.45, 7) is 0. The van der Waals surface area contributed by atoms with Crippen molar-refractivity contribution in [3.63, 3.8) is 0 Å². The van der Waals surface area contributed by atoms with Gasteiger partial charge in [-0.25, -0.2) is 0 Å². The Balaban J connectivity index is 2.31. The number of hydrogen-bond acceptors (Lipinski definition) is 3. The summed E-state index contributed by atoms with van der Waals surface area (Å²) in [5.41, 5.74) is 1.47. The third-order valence-electron chi connectivity index (χ3n) is 3.05. The molecule has 0 aliphatic heterocycles. The Kier molecular flexibility index (Phi) is 5.42. The predicted octanol–water partition coefficient (Wildman–Crippen LogP) is 4.65. The molecule has 0 atom stereocenters. The highest BCUT2D eigenvalue weighted by Crippen LogP contribution is 2.33. The SMILES string of the molecule is COc1cc(C(=O)Cc2ccc(Br)cc2)c(OC)cc1Br. The van der Waals surface area contributed by atoms with Crippen LogP contribution in [0.5, 0.6) is 11.5 Å². The molecule has 0 aromatic heterocycles. The molecule has 0 amide bonds. The smallest absolute Gasteiger partial charge is 0.171 e. The maximum atomic E-state index is 12.5. The number of ketones is 1. The molecule has 110 valence electrons. The third-order valence-corrected chi connectivity index (χ3v) is 4.20. The number of carbonyl (C=O) groups excluding carboxylic acids is 1. The van der Waals surface area contributed by atoms with E-state index in [9.17, 15) is 4.79 Å². The van der Waals surface area contributed by atoms with E-state index < -0.39 is 0 Å². The normalized spacial score (nSPS) is 10.3. The number of Topliss-reactive ketones (excluding diaryl/α,β-unsaturated/α-hetero) is 1. The second-order valence-electron chi connectivity index (χ2n) is 4.41. The van der Waals surface area contributed by atoms with Gasteiger partial charge in [-0.05, 0) is 45.8 Å². The van der Waals surface area contributed by atoms with Crippen molar-refractivity contribution in [2.75, 3.05) is 14.2 Å². The lowest BCUT2D eigenvalue weighted by atomic mass is 10.0. The molecule has 2 aromatic carbocycles. The lowest BCUT2D eigenvalue weighted by Gasteiger charge is -2.11. The summed E-state index contributed by atoms with van der Waals surface area (Å²) in [4.78, 5) is 12.5. The molecule has 0 unspecified atom stereocenters. The number of carbonyl (C=O) groups is 1. The van der Waals surface area contributed by atoms with Crippen LogP contribution in [-0.4, -0.2) is 20.0 Å². The molecule has 21 heavy (non-hydrogen) atoms. The van der Waals surface area contributed by atoms with Gasteiger partial charge in [0.15, 0.2) is 5.78 Å². The Labute approximate surface area is 140 Å². The van der Waals surface area contributed by atoms with Crippen LogP contribution < -0.4 is 9.47 Å². The van der Waals surface area contributed by atoms with Gasteiger partial charge in [-0.1, -0.05) is 28.1 Å². The highest BCUT2D eigenvalue weighted by molar-refractivity contribution is 9.10. The van der Waals surface area contributed by atoms with Crippen LogP contribution in [0.2, 0.25) is 0 Å². The van der Waals surface area contributed by atoms with Crippen molar-refractivity contribution >= 4 is 37.6 Å². The Morgan fingerprint density at radius 2 is 1.62 bits per heavy atom. The summed E-state index contributed by atoms with van der Waals surface area (Å²) in [6, 6.07) is 11.1. The first kappa shape index (κ1) is 16.0. The zero-order valence-corrected chi connectivity index (χ0v) is 14.8. The summed E-state index contributed by atoms with van der Waals surface area (Å²) in [5, 5.41) is 0. The van der Waals surface area contributed by atoms with Crippen LogP contribution in [0.3, 0.4) is 0 Å². The monoisotopic (exact) mass is 412 g/mol. The first-order valence-corrected chi connectivity index (χ1v) is 7.83. The van der Waals surface area contributed by atoms with Crippen LogP contribution in [0.4, 0.5) is 0 Å². The summed E-state index contributed by atoms with van der Waals surface area (Å²) < 4.78 is 12.3. The van der Waals surface area contributed by atoms with Crippen LogP contribution in [-0.2, 0) is 6.42 Å². The van der Waals surface area contributed by atoms with Crippen molar-refractivity contribution < 1.29 is 14.3 Å². The number of methoxy groups -OCH3 is 2. The zero-order valence-electron chi connectivity index (χ0n) is 11.7. The molecular weight excluding hydrogens is 400 g/mol. The van der Waals surface area contributed by atoms with Gasteiger partial charge in [0, 0.05) is 10.9 Å². The van der Waals surface area contributed by atoms with Crippen LogP contribution in [0.1, 0.15) is 15.9 Å². The maximum Gasteiger partial charge on any atom is 0.171 e. The van der Waals surface area contributed by atoms with Crippen molar-refractivity contribution in [1.82, 2.24) is 0 Å². The van der Waals surface area contributed by atoms with Gasteiger partial charge in [-0.3, -0.25) is 4.79 Å². The maximum absolute atomic E-state index is 12.5. The van der Waals surface area contributed by atoms with Gasteiger partial charge < -0.3 is 9.47 Å². The molecule has 0 radical (unpaired) electrons. The molecule has 3 nitrogen and oxygen atoms in total. The number of benzene rings is 2. The number of ether oxygens (including phenoxy) is 2. The van der Waals surface area contributed by atoms with Gasteiger partial charge in [0.25, 0.3) is 0 Å². The van der Waals surface area contributed by atoms with Gasteiger partial charge in [0.05, 0.1) is 24.3 Å². The van der Waals surface area contributed by atoms with E-state index in [4.69, 9.17) is 9.47 Å². The largest absolute Gasteiger partial charge is 0.496 e.